The zero-order valence-corrected chi connectivity index (χ0v) is 17.2. The van der Waals surface area contributed by atoms with E-state index in [9.17, 15) is 9.59 Å². The van der Waals surface area contributed by atoms with Crippen molar-refractivity contribution >= 4 is 40.1 Å². The summed E-state index contributed by atoms with van der Waals surface area (Å²) in [6, 6.07) is 16.7. The van der Waals surface area contributed by atoms with Gasteiger partial charge in [-0.05, 0) is 72.8 Å². The zero-order valence-electron chi connectivity index (χ0n) is 16.4. The second-order valence-corrected chi connectivity index (χ2v) is 7.82. The van der Waals surface area contributed by atoms with Crippen molar-refractivity contribution in [3.8, 4) is 5.75 Å². The summed E-state index contributed by atoms with van der Waals surface area (Å²) in [7, 11) is 1.60. The van der Waals surface area contributed by atoms with Gasteiger partial charge in [-0.3, -0.25) is 9.59 Å². The Kier molecular flexibility index (Phi) is 4.94. The van der Waals surface area contributed by atoms with E-state index in [0.717, 1.165) is 16.0 Å². The molecule has 1 aliphatic rings. The first kappa shape index (κ1) is 19.0. The van der Waals surface area contributed by atoms with E-state index in [1.165, 1.54) is 16.2 Å². The Bertz CT molecular complexity index is 1100. The van der Waals surface area contributed by atoms with Crippen molar-refractivity contribution in [3.05, 3.63) is 81.7 Å². The number of carbonyl (C=O) groups is 2. The predicted octanol–water partition coefficient (Wildman–Crippen LogP) is 4.77. The zero-order chi connectivity index (χ0) is 20.5. The molecule has 0 bridgehead atoms. The monoisotopic (exact) mass is 404 g/mol. The first-order chi connectivity index (χ1) is 14.0. The quantitative estimate of drug-likeness (QED) is 0.623. The van der Waals surface area contributed by atoms with Gasteiger partial charge in [0.2, 0.25) is 0 Å². The Balaban J connectivity index is 1.78. The lowest BCUT2D eigenvalue weighted by Gasteiger charge is -2.17. The van der Waals surface area contributed by atoms with Crippen LogP contribution in [0.5, 0.6) is 5.75 Å². The van der Waals surface area contributed by atoms with Crippen LogP contribution >= 0.6 is 11.3 Å². The third-order valence-electron chi connectivity index (χ3n) is 4.68. The fourth-order valence-electron chi connectivity index (χ4n) is 3.43. The second-order valence-electron chi connectivity index (χ2n) is 6.87. The van der Waals surface area contributed by atoms with Gasteiger partial charge in [-0.15, -0.1) is 11.3 Å². The molecule has 4 rings (SSSR count). The number of carbonyl (C=O) groups excluding carboxylic acids is 2. The van der Waals surface area contributed by atoms with Gasteiger partial charge in [0.15, 0.2) is 0 Å². The number of anilines is 2. The summed E-state index contributed by atoms with van der Waals surface area (Å²) in [5, 5.41) is 5.05. The maximum absolute atomic E-state index is 13.3. The van der Waals surface area contributed by atoms with Crippen molar-refractivity contribution in [3.63, 3.8) is 0 Å². The van der Waals surface area contributed by atoms with E-state index in [2.05, 4.69) is 5.32 Å². The molecule has 2 amide bonds. The van der Waals surface area contributed by atoms with Gasteiger partial charge in [0.05, 0.1) is 18.4 Å². The number of rotatable bonds is 5. The van der Waals surface area contributed by atoms with E-state index >= 15 is 0 Å². The Morgan fingerprint density at radius 3 is 2.21 bits per heavy atom. The molecule has 1 aliphatic heterocycles. The van der Waals surface area contributed by atoms with Crippen LogP contribution in [-0.2, 0) is 9.59 Å². The second kappa shape index (κ2) is 7.56. The van der Waals surface area contributed by atoms with E-state index in [0.29, 0.717) is 22.7 Å². The molecule has 1 aromatic heterocycles. The number of amides is 2. The van der Waals surface area contributed by atoms with E-state index in [4.69, 9.17) is 4.74 Å². The SMILES string of the molecule is COc1ccc(NC2=C(c3cccs3)C(=O)N(c3cc(C)cc(C)c3)C2=O)cc1. The van der Waals surface area contributed by atoms with Crippen molar-refractivity contribution in [1.29, 1.82) is 0 Å². The van der Waals surface area contributed by atoms with Crippen molar-refractivity contribution < 1.29 is 14.3 Å². The molecule has 0 fully saturated rings. The van der Waals surface area contributed by atoms with Crippen LogP contribution in [0.3, 0.4) is 0 Å². The molecule has 0 saturated heterocycles. The Labute approximate surface area is 173 Å². The molecule has 0 aliphatic carbocycles. The number of nitrogens with zero attached hydrogens (tertiary/aromatic N) is 1. The standard InChI is InChI=1S/C23H20N2O3S/c1-14-11-15(2)13-17(12-14)25-22(26)20(19-5-4-10-29-19)21(23(25)27)24-16-6-8-18(28-3)9-7-16/h4-13,24H,1-3H3. The third-order valence-corrected chi connectivity index (χ3v) is 5.56. The van der Waals surface area contributed by atoms with Crippen LogP contribution in [0.15, 0.2) is 65.7 Å². The molecule has 1 N–H and O–H groups in total. The van der Waals surface area contributed by atoms with E-state index < -0.39 is 0 Å². The van der Waals surface area contributed by atoms with Crippen molar-refractivity contribution in [2.75, 3.05) is 17.3 Å². The maximum atomic E-state index is 13.3. The normalized spacial score (nSPS) is 14.0. The van der Waals surface area contributed by atoms with Crippen LogP contribution in [0.2, 0.25) is 0 Å². The average molecular weight is 404 g/mol. The molecule has 146 valence electrons. The van der Waals surface area contributed by atoms with Gasteiger partial charge < -0.3 is 10.1 Å². The lowest BCUT2D eigenvalue weighted by atomic mass is 10.1. The van der Waals surface area contributed by atoms with Gasteiger partial charge in [-0.2, -0.15) is 0 Å². The van der Waals surface area contributed by atoms with Crippen LogP contribution in [-0.4, -0.2) is 18.9 Å². The summed E-state index contributed by atoms with van der Waals surface area (Å²) in [6.45, 7) is 3.90. The number of methoxy groups -OCH3 is 1. The van der Waals surface area contributed by atoms with Gasteiger partial charge in [-0.1, -0.05) is 12.1 Å². The third kappa shape index (κ3) is 3.54. The summed E-state index contributed by atoms with van der Waals surface area (Å²) in [6.07, 6.45) is 0. The van der Waals surface area contributed by atoms with Crippen molar-refractivity contribution in [2.24, 2.45) is 0 Å². The largest absolute Gasteiger partial charge is 0.497 e. The molecule has 2 heterocycles. The molecule has 0 unspecified atom stereocenters. The smallest absolute Gasteiger partial charge is 0.282 e. The van der Waals surface area contributed by atoms with Gasteiger partial charge >= 0.3 is 0 Å². The lowest BCUT2D eigenvalue weighted by Crippen LogP contribution is -2.32. The molecule has 0 atom stereocenters. The van der Waals surface area contributed by atoms with Crippen molar-refractivity contribution in [2.45, 2.75) is 13.8 Å². The molecule has 5 nitrogen and oxygen atoms in total. The summed E-state index contributed by atoms with van der Waals surface area (Å²) in [5.41, 5.74) is 3.95. The number of aryl methyl sites for hydroxylation is 2. The Morgan fingerprint density at radius 2 is 1.62 bits per heavy atom. The molecule has 0 saturated carbocycles. The minimum absolute atomic E-state index is 0.279. The number of hydrogen-bond acceptors (Lipinski definition) is 5. The summed E-state index contributed by atoms with van der Waals surface area (Å²) >= 11 is 1.43. The molecule has 3 aromatic rings. The number of thiophene rings is 1. The highest BCUT2D eigenvalue weighted by Crippen LogP contribution is 2.36. The van der Waals surface area contributed by atoms with Gasteiger partial charge in [0.25, 0.3) is 11.8 Å². The Hall–Kier alpha value is -3.38. The summed E-state index contributed by atoms with van der Waals surface area (Å²) in [5.74, 6) is 0.0337. The van der Waals surface area contributed by atoms with E-state index in [1.54, 1.807) is 19.2 Å². The van der Waals surface area contributed by atoms with Gasteiger partial charge in [-0.25, -0.2) is 4.90 Å². The molecular weight excluding hydrogens is 384 g/mol. The average Bonchev–Trinajstić information content (AvgIpc) is 3.28. The molecular formula is C23H20N2O3S. The minimum atomic E-state index is -0.362. The fraction of sp³-hybridized carbons (Fsp3) is 0.130. The molecule has 6 heteroatoms. The van der Waals surface area contributed by atoms with Crippen LogP contribution in [0.1, 0.15) is 16.0 Å². The number of benzene rings is 2. The predicted molar refractivity (Wildman–Crippen MR) is 116 cm³/mol. The highest BCUT2D eigenvalue weighted by molar-refractivity contribution is 7.11. The van der Waals surface area contributed by atoms with Crippen LogP contribution in [0.4, 0.5) is 11.4 Å². The van der Waals surface area contributed by atoms with E-state index in [1.807, 2.05) is 61.7 Å². The maximum Gasteiger partial charge on any atom is 0.282 e. The molecule has 29 heavy (non-hydrogen) atoms. The highest BCUT2D eigenvalue weighted by Gasteiger charge is 2.40. The Morgan fingerprint density at radius 1 is 0.931 bits per heavy atom. The van der Waals surface area contributed by atoms with Crippen LogP contribution < -0.4 is 15.0 Å². The first-order valence-corrected chi connectivity index (χ1v) is 10.0. The van der Waals surface area contributed by atoms with Crippen LogP contribution in [0.25, 0.3) is 5.57 Å². The molecule has 0 spiro atoms. The first-order valence-electron chi connectivity index (χ1n) is 9.14. The van der Waals surface area contributed by atoms with Crippen molar-refractivity contribution in [1.82, 2.24) is 0 Å². The number of hydrogen-bond donors (Lipinski definition) is 1. The number of nitrogens with one attached hydrogen (secondary N) is 1. The lowest BCUT2D eigenvalue weighted by molar-refractivity contribution is -0.120. The topological polar surface area (TPSA) is 58.6 Å². The minimum Gasteiger partial charge on any atom is -0.497 e. The fourth-order valence-corrected chi connectivity index (χ4v) is 4.20. The molecule has 0 radical (unpaired) electrons. The number of ether oxygens (including phenoxy) is 1. The molecule has 2 aromatic carbocycles. The summed E-state index contributed by atoms with van der Waals surface area (Å²) in [4.78, 5) is 28.7. The summed E-state index contributed by atoms with van der Waals surface area (Å²) < 4.78 is 5.19. The van der Waals surface area contributed by atoms with E-state index in [-0.39, 0.29) is 17.5 Å². The van der Waals surface area contributed by atoms with Crippen LogP contribution in [0, 0.1) is 13.8 Å². The highest BCUT2D eigenvalue weighted by atomic mass is 32.1. The number of imide groups is 1. The van der Waals surface area contributed by atoms with Gasteiger partial charge in [0, 0.05) is 10.6 Å². The van der Waals surface area contributed by atoms with Gasteiger partial charge in [0.1, 0.15) is 11.4 Å².